The summed E-state index contributed by atoms with van der Waals surface area (Å²) in [5, 5.41) is 9.91. The Labute approximate surface area is 136 Å². The number of aliphatic hydroxyl groups is 1. The fourth-order valence-electron chi connectivity index (χ4n) is 4.77. The summed E-state index contributed by atoms with van der Waals surface area (Å²) in [6, 6.07) is 0.731. The largest absolute Gasteiger partial charge is 0.393 e. The summed E-state index contributed by atoms with van der Waals surface area (Å²) in [5.41, 5.74) is 1.54. The van der Waals surface area contributed by atoms with Gasteiger partial charge in [0.25, 0.3) is 0 Å². The zero-order valence-corrected chi connectivity index (χ0v) is 14.4. The second-order valence-corrected chi connectivity index (χ2v) is 7.87. The minimum atomic E-state index is -0.210. The minimum Gasteiger partial charge on any atom is -0.393 e. The van der Waals surface area contributed by atoms with Gasteiger partial charge in [0.15, 0.2) is 0 Å². The first kappa shape index (κ1) is 16.3. The van der Waals surface area contributed by atoms with Gasteiger partial charge in [0.1, 0.15) is 0 Å². The van der Waals surface area contributed by atoms with Crippen LogP contribution < -0.4 is 0 Å². The molecule has 0 aromatic carbocycles. The Hall–Kier alpha value is -0.600. The number of likely N-dealkylation sites (tertiary alicyclic amines) is 1. The maximum atomic E-state index is 9.91. The molecule has 1 N–H and O–H groups in total. The third-order valence-corrected chi connectivity index (χ3v) is 6.20. The summed E-state index contributed by atoms with van der Waals surface area (Å²) in [7, 11) is 0. The van der Waals surface area contributed by atoms with E-state index in [1.807, 2.05) is 6.92 Å². The van der Waals surface area contributed by atoms with Crippen molar-refractivity contribution < 1.29 is 5.11 Å². The summed E-state index contributed by atoms with van der Waals surface area (Å²) in [6.45, 7) is 7.00. The average Bonchev–Trinajstić information content (AvgIpc) is 2.84. The Morgan fingerprint density at radius 1 is 1.14 bits per heavy atom. The second-order valence-electron chi connectivity index (χ2n) is 7.87. The third kappa shape index (κ3) is 3.65. The van der Waals surface area contributed by atoms with E-state index >= 15 is 0 Å². The molecule has 0 saturated carbocycles. The molecule has 1 aliphatic heterocycles. The van der Waals surface area contributed by atoms with E-state index in [0.717, 1.165) is 18.4 Å². The molecule has 0 aromatic rings. The highest BCUT2D eigenvalue weighted by Gasteiger charge is 2.33. The molecule has 3 unspecified atom stereocenters. The lowest BCUT2D eigenvalue weighted by atomic mass is 9.77. The van der Waals surface area contributed by atoms with Gasteiger partial charge in [-0.05, 0) is 69.5 Å². The van der Waals surface area contributed by atoms with E-state index in [2.05, 4.69) is 30.1 Å². The lowest BCUT2D eigenvalue weighted by molar-refractivity contribution is 0.121. The molecule has 1 saturated heterocycles. The number of hydrogen-bond donors (Lipinski definition) is 1. The maximum absolute atomic E-state index is 9.91. The van der Waals surface area contributed by atoms with Crippen LogP contribution in [0.15, 0.2) is 23.8 Å². The van der Waals surface area contributed by atoms with Gasteiger partial charge in [-0.25, -0.2) is 0 Å². The molecule has 124 valence electrons. The molecule has 2 nitrogen and oxygen atoms in total. The zero-order valence-electron chi connectivity index (χ0n) is 14.4. The normalized spacial score (nSPS) is 38.6. The number of rotatable bonds is 2. The smallest absolute Gasteiger partial charge is 0.0575 e. The van der Waals surface area contributed by atoms with E-state index in [0.29, 0.717) is 11.8 Å². The molecule has 3 rings (SSSR count). The van der Waals surface area contributed by atoms with E-state index in [4.69, 9.17) is 0 Å². The molecule has 0 spiro atoms. The standard InChI is InChI=1S/C20H33NO/c1-15-13-19-14-18(16(2)22)8-7-17(19)9-10-20(15)21-11-5-3-4-6-12-21/h7-9,15-16,18-20,22H,3-6,10-14H2,1-2H3/t15-,16?,18?,19?,20-/m1/s1. The highest BCUT2D eigenvalue weighted by atomic mass is 16.3. The summed E-state index contributed by atoms with van der Waals surface area (Å²) in [6.07, 6.45) is 16.1. The van der Waals surface area contributed by atoms with Gasteiger partial charge in [-0.1, -0.05) is 38.0 Å². The number of hydrogen-bond acceptors (Lipinski definition) is 2. The van der Waals surface area contributed by atoms with E-state index in [1.165, 1.54) is 51.6 Å². The summed E-state index contributed by atoms with van der Waals surface area (Å²) in [4.78, 5) is 2.78. The van der Waals surface area contributed by atoms with Crippen LogP contribution in [0.25, 0.3) is 0 Å². The van der Waals surface area contributed by atoms with Gasteiger partial charge in [-0.2, -0.15) is 0 Å². The topological polar surface area (TPSA) is 23.5 Å². The first-order valence-corrected chi connectivity index (χ1v) is 9.45. The molecule has 5 atom stereocenters. The lowest BCUT2D eigenvalue weighted by Gasteiger charge is -2.35. The van der Waals surface area contributed by atoms with Crippen molar-refractivity contribution in [1.82, 2.24) is 4.90 Å². The van der Waals surface area contributed by atoms with Crippen molar-refractivity contribution in [3.63, 3.8) is 0 Å². The molecule has 0 bridgehead atoms. The van der Waals surface area contributed by atoms with Crippen molar-refractivity contribution >= 4 is 0 Å². The van der Waals surface area contributed by atoms with Gasteiger partial charge < -0.3 is 5.11 Å². The third-order valence-electron chi connectivity index (χ3n) is 6.20. The van der Waals surface area contributed by atoms with Gasteiger partial charge in [-0.3, -0.25) is 4.90 Å². The first-order chi connectivity index (χ1) is 10.6. The van der Waals surface area contributed by atoms with Gasteiger partial charge in [-0.15, -0.1) is 0 Å². The van der Waals surface area contributed by atoms with Crippen LogP contribution in [-0.2, 0) is 0 Å². The summed E-state index contributed by atoms with van der Waals surface area (Å²) in [5.74, 6) is 1.78. The quantitative estimate of drug-likeness (QED) is 0.828. The van der Waals surface area contributed by atoms with Gasteiger partial charge in [0, 0.05) is 12.0 Å². The van der Waals surface area contributed by atoms with E-state index < -0.39 is 0 Å². The fourth-order valence-corrected chi connectivity index (χ4v) is 4.77. The van der Waals surface area contributed by atoms with Crippen LogP contribution in [-0.4, -0.2) is 35.2 Å². The Morgan fingerprint density at radius 2 is 1.86 bits per heavy atom. The second kappa shape index (κ2) is 7.31. The molecular formula is C20H33NO. The van der Waals surface area contributed by atoms with Crippen LogP contribution in [0.3, 0.4) is 0 Å². The number of nitrogens with zero attached hydrogens (tertiary/aromatic N) is 1. The van der Waals surface area contributed by atoms with E-state index in [9.17, 15) is 5.11 Å². The van der Waals surface area contributed by atoms with Gasteiger partial charge >= 0.3 is 0 Å². The highest BCUT2D eigenvalue weighted by Crippen LogP contribution is 2.39. The van der Waals surface area contributed by atoms with Crippen LogP contribution in [0.2, 0.25) is 0 Å². The van der Waals surface area contributed by atoms with Crippen molar-refractivity contribution in [3.8, 4) is 0 Å². The molecular weight excluding hydrogens is 270 g/mol. The molecule has 1 heterocycles. The van der Waals surface area contributed by atoms with Crippen molar-refractivity contribution in [1.29, 1.82) is 0 Å². The van der Waals surface area contributed by atoms with Crippen LogP contribution in [0.1, 0.15) is 58.8 Å². The Morgan fingerprint density at radius 3 is 2.55 bits per heavy atom. The zero-order chi connectivity index (χ0) is 15.5. The van der Waals surface area contributed by atoms with Gasteiger partial charge in [0.05, 0.1) is 6.10 Å². The lowest BCUT2D eigenvalue weighted by Crippen LogP contribution is -2.40. The van der Waals surface area contributed by atoms with Gasteiger partial charge in [0.2, 0.25) is 0 Å². The Balaban J connectivity index is 1.70. The molecule has 22 heavy (non-hydrogen) atoms. The molecule has 0 amide bonds. The van der Waals surface area contributed by atoms with Crippen molar-refractivity contribution in [3.05, 3.63) is 23.8 Å². The highest BCUT2D eigenvalue weighted by molar-refractivity contribution is 5.28. The molecule has 0 aromatic heterocycles. The molecule has 2 aliphatic carbocycles. The predicted octanol–water partition coefficient (Wildman–Crippen LogP) is 4.16. The maximum Gasteiger partial charge on any atom is 0.0575 e. The fraction of sp³-hybridized carbons (Fsp3) is 0.800. The van der Waals surface area contributed by atoms with Crippen LogP contribution in [0.4, 0.5) is 0 Å². The monoisotopic (exact) mass is 303 g/mol. The average molecular weight is 303 g/mol. The van der Waals surface area contributed by atoms with E-state index in [1.54, 1.807) is 5.57 Å². The van der Waals surface area contributed by atoms with Crippen molar-refractivity contribution in [2.45, 2.75) is 70.9 Å². The number of allylic oxidation sites excluding steroid dienone is 2. The molecule has 0 radical (unpaired) electrons. The predicted molar refractivity (Wildman–Crippen MR) is 92.7 cm³/mol. The summed E-state index contributed by atoms with van der Waals surface area (Å²) >= 11 is 0. The van der Waals surface area contributed by atoms with E-state index in [-0.39, 0.29) is 6.10 Å². The molecule has 2 heteroatoms. The van der Waals surface area contributed by atoms with Crippen molar-refractivity contribution in [2.75, 3.05) is 13.1 Å². The Bertz CT molecular complexity index is 417. The SMILES string of the molecule is CC(O)C1C=CC2=CC[C@@H](N3CCCCCC3)[C@H](C)CC2C1. The molecule has 3 aliphatic rings. The number of aliphatic hydroxyl groups excluding tert-OH is 1. The van der Waals surface area contributed by atoms with Crippen LogP contribution in [0, 0.1) is 17.8 Å². The first-order valence-electron chi connectivity index (χ1n) is 9.45. The van der Waals surface area contributed by atoms with Crippen LogP contribution in [0.5, 0.6) is 0 Å². The number of fused-ring (bicyclic) bond motifs is 1. The summed E-state index contributed by atoms with van der Waals surface area (Å²) < 4.78 is 0. The van der Waals surface area contributed by atoms with Crippen LogP contribution >= 0.6 is 0 Å². The Kier molecular flexibility index (Phi) is 5.41. The van der Waals surface area contributed by atoms with Crippen molar-refractivity contribution in [2.24, 2.45) is 17.8 Å². The molecule has 1 fully saturated rings. The minimum absolute atomic E-state index is 0.210.